The average molecular weight is 235 g/mol. The van der Waals surface area contributed by atoms with E-state index in [4.69, 9.17) is 16.7 Å². The third kappa shape index (κ3) is 2.01. The van der Waals surface area contributed by atoms with Crippen LogP contribution < -0.4 is 0 Å². The van der Waals surface area contributed by atoms with E-state index in [1.54, 1.807) is 18.5 Å². The van der Waals surface area contributed by atoms with E-state index in [0.717, 1.165) is 5.56 Å². The maximum Gasteiger partial charge on any atom is 0.335 e. The van der Waals surface area contributed by atoms with E-state index in [-0.39, 0.29) is 5.56 Å². The number of carboxylic acid groups (broad SMARTS) is 1. The van der Waals surface area contributed by atoms with Crippen LogP contribution >= 0.6 is 11.6 Å². The molecule has 0 aliphatic heterocycles. The fraction of sp³-hybridized carbons (Fsp3) is 0. The van der Waals surface area contributed by atoms with Gasteiger partial charge in [-0.3, -0.25) is 0 Å². The number of halogens is 1. The molecular formula is C11H7ClN2O2. The van der Waals surface area contributed by atoms with Gasteiger partial charge in [0.2, 0.25) is 0 Å². The van der Waals surface area contributed by atoms with Gasteiger partial charge in [-0.1, -0.05) is 17.7 Å². The normalized spacial score (nSPS) is 10.1. The van der Waals surface area contributed by atoms with Gasteiger partial charge in [0, 0.05) is 28.5 Å². The van der Waals surface area contributed by atoms with Crippen molar-refractivity contribution >= 4 is 17.6 Å². The molecule has 1 N–H and O–H groups in total. The summed E-state index contributed by atoms with van der Waals surface area (Å²) in [4.78, 5) is 18.5. The van der Waals surface area contributed by atoms with Crippen LogP contribution in [0, 0.1) is 0 Å². The lowest BCUT2D eigenvalue weighted by Crippen LogP contribution is -1.96. The van der Waals surface area contributed by atoms with Gasteiger partial charge in [-0.05, 0) is 12.1 Å². The SMILES string of the molecule is O=C(O)c1ccc(-c2cncnc2)c(Cl)c1. The minimum absolute atomic E-state index is 0.158. The predicted molar refractivity (Wildman–Crippen MR) is 59.4 cm³/mol. The Kier molecular flexibility index (Phi) is 2.83. The van der Waals surface area contributed by atoms with Gasteiger partial charge in [0.15, 0.2) is 0 Å². The Hall–Kier alpha value is -1.94. The third-order valence-corrected chi connectivity index (χ3v) is 2.40. The molecule has 0 saturated heterocycles. The van der Waals surface area contributed by atoms with Crippen molar-refractivity contribution < 1.29 is 9.90 Å². The lowest BCUT2D eigenvalue weighted by molar-refractivity contribution is 0.0697. The van der Waals surface area contributed by atoms with Crippen LogP contribution in [0.1, 0.15) is 10.4 Å². The summed E-state index contributed by atoms with van der Waals surface area (Å²) >= 11 is 5.99. The van der Waals surface area contributed by atoms with Gasteiger partial charge in [0.05, 0.1) is 5.56 Å². The van der Waals surface area contributed by atoms with Crippen LogP contribution in [0.3, 0.4) is 0 Å². The predicted octanol–water partition coefficient (Wildman–Crippen LogP) is 2.50. The quantitative estimate of drug-likeness (QED) is 0.867. The van der Waals surface area contributed by atoms with Gasteiger partial charge in [0.25, 0.3) is 0 Å². The molecule has 1 heterocycles. The van der Waals surface area contributed by atoms with E-state index in [2.05, 4.69) is 9.97 Å². The molecule has 2 aromatic rings. The molecule has 0 saturated carbocycles. The van der Waals surface area contributed by atoms with Crippen molar-refractivity contribution in [3.05, 3.63) is 47.5 Å². The van der Waals surface area contributed by atoms with Crippen LogP contribution in [0.25, 0.3) is 11.1 Å². The van der Waals surface area contributed by atoms with E-state index in [0.29, 0.717) is 10.6 Å². The molecule has 0 bridgehead atoms. The van der Waals surface area contributed by atoms with Crippen molar-refractivity contribution in [2.45, 2.75) is 0 Å². The molecule has 16 heavy (non-hydrogen) atoms. The Morgan fingerprint density at radius 1 is 1.25 bits per heavy atom. The molecule has 80 valence electrons. The van der Waals surface area contributed by atoms with Gasteiger partial charge in [0.1, 0.15) is 6.33 Å². The maximum atomic E-state index is 10.7. The molecule has 0 aliphatic carbocycles. The van der Waals surface area contributed by atoms with Gasteiger partial charge >= 0.3 is 5.97 Å². The molecule has 0 unspecified atom stereocenters. The Balaban J connectivity index is 2.48. The highest BCUT2D eigenvalue weighted by atomic mass is 35.5. The van der Waals surface area contributed by atoms with Crippen LogP contribution in [0.5, 0.6) is 0 Å². The standard InChI is InChI=1S/C11H7ClN2O2/c12-10-3-7(11(15)16)1-2-9(10)8-4-13-6-14-5-8/h1-6H,(H,15,16). The van der Waals surface area contributed by atoms with E-state index >= 15 is 0 Å². The van der Waals surface area contributed by atoms with E-state index in [1.807, 2.05) is 0 Å². The summed E-state index contributed by atoms with van der Waals surface area (Å²) in [5.41, 5.74) is 1.63. The van der Waals surface area contributed by atoms with Crippen LogP contribution in [0.4, 0.5) is 0 Å². The first-order chi connectivity index (χ1) is 7.68. The summed E-state index contributed by atoms with van der Waals surface area (Å²) in [6.45, 7) is 0. The number of nitrogens with zero attached hydrogens (tertiary/aromatic N) is 2. The summed E-state index contributed by atoms with van der Waals surface area (Å²) in [5.74, 6) is -1.00. The molecule has 2 rings (SSSR count). The van der Waals surface area contributed by atoms with E-state index < -0.39 is 5.97 Å². The average Bonchev–Trinajstić information content (AvgIpc) is 2.30. The minimum Gasteiger partial charge on any atom is -0.478 e. The summed E-state index contributed by atoms with van der Waals surface area (Å²) in [6.07, 6.45) is 4.66. The monoisotopic (exact) mass is 234 g/mol. The molecular weight excluding hydrogens is 228 g/mol. The maximum absolute atomic E-state index is 10.7. The Morgan fingerprint density at radius 2 is 1.94 bits per heavy atom. The van der Waals surface area contributed by atoms with Crippen LogP contribution in [-0.4, -0.2) is 21.0 Å². The number of benzene rings is 1. The highest BCUT2D eigenvalue weighted by molar-refractivity contribution is 6.33. The number of carbonyl (C=O) groups is 1. The fourth-order valence-corrected chi connectivity index (χ4v) is 1.61. The first-order valence-corrected chi connectivity index (χ1v) is 4.84. The second-order valence-electron chi connectivity index (χ2n) is 3.13. The van der Waals surface area contributed by atoms with Crippen LogP contribution in [0.15, 0.2) is 36.9 Å². The fourth-order valence-electron chi connectivity index (χ4n) is 1.32. The second-order valence-corrected chi connectivity index (χ2v) is 3.53. The van der Waals surface area contributed by atoms with Gasteiger partial charge in [-0.2, -0.15) is 0 Å². The summed E-state index contributed by atoms with van der Waals surface area (Å²) in [7, 11) is 0. The van der Waals surface area contributed by atoms with Gasteiger partial charge in [-0.15, -0.1) is 0 Å². The zero-order chi connectivity index (χ0) is 11.5. The topological polar surface area (TPSA) is 63.1 Å². The van der Waals surface area contributed by atoms with Crippen LogP contribution in [-0.2, 0) is 0 Å². The smallest absolute Gasteiger partial charge is 0.335 e. The number of aromatic carboxylic acids is 1. The van der Waals surface area contributed by atoms with E-state index in [9.17, 15) is 4.79 Å². The molecule has 5 heteroatoms. The van der Waals surface area contributed by atoms with Gasteiger partial charge in [-0.25, -0.2) is 14.8 Å². The van der Waals surface area contributed by atoms with Gasteiger partial charge < -0.3 is 5.11 Å². The summed E-state index contributed by atoms with van der Waals surface area (Å²) < 4.78 is 0. The highest BCUT2D eigenvalue weighted by Gasteiger charge is 2.08. The number of rotatable bonds is 2. The first-order valence-electron chi connectivity index (χ1n) is 4.46. The number of hydrogen-bond acceptors (Lipinski definition) is 3. The van der Waals surface area contributed by atoms with E-state index in [1.165, 1.54) is 18.5 Å². The third-order valence-electron chi connectivity index (χ3n) is 2.09. The molecule has 0 atom stereocenters. The van der Waals surface area contributed by atoms with Crippen molar-refractivity contribution in [3.8, 4) is 11.1 Å². The molecule has 0 fully saturated rings. The lowest BCUT2D eigenvalue weighted by atomic mass is 10.1. The number of hydrogen-bond donors (Lipinski definition) is 1. The Morgan fingerprint density at radius 3 is 2.50 bits per heavy atom. The molecule has 1 aromatic carbocycles. The summed E-state index contributed by atoms with van der Waals surface area (Å²) in [6, 6.07) is 4.55. The molecule has 0 spiro atoms. The van der Waals surface area contributed by atoms with Crippen molar-refractivity contribution in [2.75, 3.05) is 0 Å². The van der Waals surface area contributed by atoms with Crippen molar-refractivity contribution in [3.63, 3.8) is 0 Å². The largest absolute Gasteiger partial charge is 0.478 e. The first kappa shape index (κ1) is 10.6. The number of carboxylic acids is 1. The van der Waals surface area contributed by atoms with Crippen LogP contribution in [0.2, 0.25) is 5.02 Å². The Labute approximate surface area is 96.6 Å². The zero-order valence-corrected chi connectivity index (χ0v) is 8.85. The Bertz CT molecular complexity index is 529. The van der Waals surface area contributed by atoms with Crippen molar-refractivity contribution in [2.24, 2.45) is 0 Å². The molecule has 4 nitrogen and oxygen atoms in total. The second kappa shape index (κ2) is 4.28. The highest BCUT2D eigenvalue weighted by Crippen LogP contribution is 2.27. The summed E-state index contributed by atoms with van der Waals surface area (Å²) in [5, 5.41) is 9.16. The van der Waals surface area contributed by atoms with Crippen molar-refractivity contribution in [1.29, 1.82) is 0 Å². The molecule has 1 aromatic heterocycles. The lowest BCUT2D eigenvalue weighted by Gasteiger charge is -2.04. The number of aromatic nitrogens is 2. The molecule has 0 amide bonds. The molecule has 0 radical (unpaired) electrons. The zero-order valence-electron chi connectivity index (χ0n) is 8.09. The molecule has 0 aliphatic rings. The minimum atomic E-state index is -1.00. The van der Waals surface area contributed by atoms with Crippen molar-refractivity contribution in [1.82, 2.24) is 9.97 Å².